The summed E-state index contributed by atoms with van der Waals surface area (Å²) in [5.41, 5.74) is 6.44. The number of hydrogen-bond donors (Lipinski definition) is 1. The molecule has 0 aromatic carbocycles. The number of nitrogens with zero attached hydrogens (tertiary/aromatic N) is 3. The average Bonchev–Trinajstić information content (AvgIpc) is 2.79. The Morgan fingerprint density at radius 1 is 1.29 bits per heavy atom. The third kappa shape index (κ3) is 1.96. The molecule has 3 rings (SSSR count). The van der Waals surface area contributed by atoms with Gasteiger partial charge in [-0.15, -0.1) is 0 Å². The quantitative estimate of drug-likeness (QED) is 0.819. The van der Waals surface area contributed by atoms with E-state index in [-0.39, 0.29) is 0 Å². The molecule has 0 bridgehead atoms. The highest BCUT2D eigenvalue weighted by Crippen LogP contribution is 2.33. The Hall–Kier alpha value is -1.00. The molecular weight excluding hydrogens is 236 g/mol. The van der Waals surface area contributed by atoms with Gasteiger partial charge < -0.3 is 15.5 Å². The van der Waals surface area contributed by atoms with Gasteiger partial charge in [0.1, 0.15) is 5.82 Å². The molecule has 92 valence electrons. The Labute approximate surface area is 106 Å². The number of anilines is 2. The Bertz CT molecular complexity index is 423. The lowest BCUT2D eigenvalue weighted by Gasteiger charge is -2.20. The Morgan fingerprint density at radius 2 is 1.94 bits per heavy atom. The topological polar surface area (TPSA) is 45.4 Å². The summed E-state index contributed by atoms with van der Waals surface area (Å²) in [5, 5.41) is 0.535. The molecule has 2 fully saturated rings. The van der Waals surface area contributed by atoms with Crippen molar-refractivity contribution < 1.29 is 0 Å². The molecule has 3 heterocycles. The number of hydrogen-bond acceptors (Lipinski definition) is 4. The second-order valence-corrected chi connectivity index (χ2v) is 5.62. The maximum atomic E-state index is 5.89. The molecule has 2 atom stereocenters. The largest absolute Gasteiger partial charge is 0.397 e. The summed E-state index contributed by atoms with van der Waals surface area (Å²) in [4.78, 5) is 9.11. The monoisotopic (exact) mass is 252 g/mol. The van der Waals surface area contributed by atoms with E-state index in [1.165, 1.54) is 13.1 Å². The maximum Gasteiger partial charge on any atom is 0.130 e. The van der Waals surface area contributed by atoms with Crippen molar-refractivity contribution in [2.45, 2.75) is 0 Å². The molecule has 2 aliphatic rings. The van der Waals surface area contributed by atoms with E-state index in [1.54, 1.807) is 6.20 Å². The molecule has 1 aromatic heterocycles. The van der Waals surface area contributed by atoms with Crippen LogP contribution in [0.1, 0.15) is 0 Å². The van der Waals surface area contributed by atoms with E-state index >= 15 is 0 Å². The lowest BCUT2D eigenvalue weighted by Crippen LogP contribution is -2.27. The van der Waals surface area contributed by atoms with Crippen LogP contribution in [-0.4, -0.2) is 43.1 Å². The summed E-state index contributed by atoms with van der Waals surface area (Å²) in [6, 6.07) is 1.88. The smallest absolute Gasteiger partial charge is 0.130 e. The van der Waals surface area contributed by atoms with Crippen LogP contribution in [0.4, 0.5) is 11.5 Å². The van der Waals surface area contributed by atoms with Gasteiger partial charge in [0, 0.05) is 38.4 Å². The minimum absolute atomic E-state index is 0.535. The van der Waals surface area contributed by atoms with E-state index in [0.29, 0.717) is 10.7 Å². The average molecular weight is 253 g/mol. The molecule has 17 heavy (non-hydrogen) atoms. The van der Waals surface area contributed by atoms with Gasteiger partial charge in [0.15, 0.2) is 0 Å². The van der Waals surface area contributed by atoms with Crippen molar-refractivity contribution in [3.63, 3.8) is 0 Å². The summed E-state index contributed by atoms with van der Waals surface area (Å²) in [6.45, 7) is 4.57. The van der Waals surface area contributed by atoms with Gasteiger partial charge in [-0.25, -0.2) is 4.98 Å². The van der Waals surface area contributed by atoms with E-state index in [1.807, 2.05) is 6.07 Å². The van der Waals surface area contributed by atoms with Crippen LogP contribution in [0.25, 0.3) is 0 Å². The molecule has 0 amide bonds. The standard InChI is InChI=1S/C12H17ClN4/c1-16-4-8-6-17(7-9(8)5-16)12-2-11(14)10(13)3-15-12/h2-3,8-9H,4-7H2,1H3,(H2,14,15). The minimum Gasteiger partial charge on any atom is -0.397 e. The lowest BCUT2D eigenvalue weighted by atomic mass is 10.0. The van der Waals surface area contributed by atoms with Crippen molar-refractivity contribution in [2.75, 3.05) is 43.9 Å². The van der Waals surface area contributed by atoms with Crippen LogP contribution in [-0.2, 0) is 0 Å². The fourth-order valence-electron chi connectivity index (χ4n) is 3.03. The van der Waals surface area contributed by atoms with Gasteiger partial charge in [0.25, 0.3) is 0 Å². The lowest BCUT2D eigenvalue weighted by molar-refractivity contribution is 0.387. The number of nitrogens with two attached hydrogens (primary N) is 1. The predicted molar refractivity (Wildman–Crippen MR) is 70.3 cm³/mol. The molecule has 0 aliphatic carbocycles. The number of aromatic nitrogens is 1. The van der Waals surface area contributed by atoms with Crippen LogP contribution < -0.4 is 10.6 Å². The first-order valence-corrected chi connectivity index (χ1v) is 6.36. The van der Waals surface area contributed by atoms with Crippen molar-refractivity contribution >= 4 is 23.1 Å². The van der Waals surface area contributed by atoms with Crippen molar-refractivity contribution in [3.8, 4) is 0 Å². The second kappa shape index (κ2) is 4.03. The molecule has 2 N–H and O–H groups in total. The van der Waals surface area contributed by atoms with E-state index in [0.717, 1.165) is 30.7 Å². The fourth-order valence-corrected chi connectivity index (χ4v) is 3.13. The van der Waals surface area contributed by atoms with Crippen LogP contribution in [0, 0.1) is 11.8 Å². The summed E-state index contributed by atoms with van der Waals surface area (Å²) >= 11 is 5.89. The molecule has 4 nitrogen and oxygen atoms in total. The first kappa shape index (κ1) is 11.1. The first-order valence-electron chi connectivity index (χ1n) is 5.98. The number of nitrogen functional groups attached to an aromatic ring is 1. The number of pyridine rings is 1. The van der Waals surface area contributed by atoms with Crippen LogP contribution >= 0.6 is 11.6 Å². The van der Waals surface area contributed by atoms with Crippen LogP contribution in [0.5, 0.6) is 0 Å². The van der Waals surface area contributed by atoms with E-state index in [2.05, 4.69) is 21.8 Å². The van der Waals surface area contributed by atoms with Crippen LogP contribution in [0.2, 0.25) is 5.02 Å². The van der Waals surface area contributed by atoms with Crippen molar-refractivity contribution in [1.82, 2.24) is 9.88 Å². The highest BCUT2D eigenvalue weighted by Gasteiger charge is 2.39. The molecule has 5 heteroatoms. The summed E-state index contributed by atoms with van der Waals surface area (Å²) < 4.78 is 0. The van der Waals surface area contributed by atoms with Gasteiger partial charge in [-0.3, -0.25) is 0 Å². The fraction of sp³-hybridized carbons (Fsp3) is 0.583. The molecule has 0 spiro atoms. The number of fused-ring (bicyclic) bond motifs is 1. The molecule has 2 aliphatic heterocycles. The van der Waals surface area contributed by atoms with Gasteiger partial charge in [-0.05, 0) is 18.9 Å². The zero-order valence-corrected chi connectivity index (χ0v) is 10.7. The number of likely N-dealkylation sites (tertiary alicyclic amines) is 1. The molecule has 1 aromatic rings. The van der Waals surface area contributed by atoms with E-state index < -0.39 is 0 Å². The Kier molecular flexibility index (Phi) is 2.64. The minimum atomic E-state index is 0.535. The first-order chi connectivity index (χ1) is 8.13. The normalized spacial score (nSPS) is 28.7. The summed E-state index contributed by atoms with van der Waals surface area (Å²) in [6.07, 6.45) is 1.65. The molecule has 0 radical (unpaired) electrons. The predicted octanol–water partition coefficient (Wildman–Crippen LogP) is 1.31. The van der Waals surface area contributed by atoms with Gasteiger partial charge in [-0.2, -0.15) is 0 Å². The van der Waals surface area contributed by atoms with Crippen LogP contribution in [0.3, 0.4) is 0 Å². The van der Waals surface area contributed by atoms with Crippen molar-refractivity contribution in [2.24, 2.45) is 11.8 Å². The zero-order valence-electron chi connectivity index (χ0n) is 9.93. The third-order valence-electron chi connectivity index (χ3n) is 3.86. The van der Waals surface area contributed by atoms with Crippen molar-refractivity contribution in [1.29, 1.82) is 0 Å². The van der Waals surface area contributed by atoms with Gasteiger partial charge in [0.05, 0.1) is 10.7 Å². The highest BCUT2D eigenvalue weighted by atomic mass is 35.5. The third-order valence-corrected chi connectivity index (χ3v) is 4.18. The SMILES string of the molecule is CN1CC2CN(c3cc(N)c(Cl)cn3)CC2C1. The zero-order chi connectivity index (χ0) is 12.0. The number of halogens is 1. The molecule has 2 unspecified atom stereocenters. The summed E-state index contributed by atoms with van der Waals surface area (Å²) in [5.74, 6) is 2.52. The molecular formula is C12H17ClN4. The van der Waals surface area contributed by atoms with Gasteiger partial charge in [-0.1, -0.05) is 11.6 Å². The van der Waals surface area contributed by atoms with Gasteiger partial charge >= 0.3 is 0 Å². The maximum absolute atomic E-state index is 5.89. The molecule has 2 saturated heterocycles. The number of rotatable bonds is 1. The summed E-state index contributed by atoms with van der Waals surface area (Å²) in [7, 11) is 2.20. The van der Waals surface area contributed by atoms with E-state index in [4.69, 9.17) is 17.3 Å². The Morgan fingerprint density at radius 3 is 2.53 bits per heavy atom. The van der Waals surface area contributed by atoms with Gasteiger partial charge in [0.2, 0.25) is 0 Å². The highest BCUT2D eigenvalue weighted by molar-refractivity contribution is 6.32. The van der Waals surface area contributed by atoms with E-state index in [9.17, 15) is 0 Å². The van der Waals surface area contributed by atoms with Crippen molar-refractivity contribution in [3.05, 3.63) is 17.3 Å². The Balaban J connectivity index is 1.77. The van der Waals surface area contributed by atoms with Crippen LogP contribution in [0.15, 0.2) is 12.3 Å². The molecule has 0 saturated carbocycles. The second-order valence-electron chi connectivity index (χ2n) is 5.21.